The number of hydrogen-bond acceptors (Lipinski definition) is 6. The first-order valence-electron chi connectivity index (χ1n) is 11.0. The van der Waals surface area contributed by atoms with Crippen LogP contribution in [0.1, 0.15) is 29.7 Å². The fourth-order valence-corrected chi connectivity index (χ4v) is 4.88. The van der Waals surface area contributed by atoms with Crippen molar-refractivity contribution in [1.29, 1.82) is 5.41 Å². The number of benzene rings is 2. The van der Waals surface area contributed by atoms with E-state index < -0.39 is 17.8 Å². The molecule has 2 aliphatic heterocycles. The predicted octanol–water partition coefficient (Wildman–Crippen LogP) is 4.26. The lowest BCUT2D eigenvalue weighted by Crippen LogP contribution is -2.45. The van der Waals surface area contributed by atoms with Gasteiger partial charge in [0.15, 0.2) is 5.17 Å². The van der Waals surface area contributed by atoms with E-state index in [1.54, 1.807) is 6.07 Å². The average molecular weight is 494 g/mol. The molecule has 182 valence electrons. The summed E-state index contributed by atoms with van der Waals surface area (Å²) in [5.74, 6) is 0.563. The lowest BCUT2D eigenvalue weighted by atomic mass is 10.0. The van der Waals surface area contributed by atoms with Crippen molar-refractivity contribution < 1.29 is 27.4 Å². The lowest BCUT2D eigenvalue weighted by Gasteiger charge is -2.37. The van der Waals surface area contributed by atoms with E-state index in [0.717, 1.165) is 17.7 Å². The number of alkyl halides is 3. The van der Waals surface area contributed by atoms with Crippen molar-refractivity contribution in [3.05, 3.63) is 65.2 Å². The number of halogens is 3. The van der Waals surface area contributed by atoms with Crippen molar-refractivity contribution >= 4 is 22.8 Å². The second-order valence-corrected chi connectivity index (χ2v) is 9.62. The number of ether oxygens (including phenoxy) is 2. The highest BCUT2D eigenvalue weighted by Crippen LogP contribution is 2.32. The zero-order valence-electron chi connectivity index (χ0n) is 18.6. The van der Waals surface area contributed by atoms with Gasteiger partial charge in [-0.3, -0.25) is 15.1 Å². The standard InChI is InChI=1S/C24H26F3N3O3S/c1-15(14-33-19-7-5-16(6-8-19)11-21-22(31)29-23(28)34-21)30-9-10-32-20(13-30)17-3-2-4-18(12-17)24(25,26)27/h2-8,12,15,20-21H,9-11,13-14H2,1H3,(H2,28,29,31). The highest BCUT2D eigenvalue weighted by atomic mass is 32.2. The molecule has 2 aromatic rings. The molecule has 6 nitrogen and oxygen atoms in total. The quantitative estimate of drug-likeness (QED) is 0.603. The smallest absolute Gasteiger partial charge is 0.416 e. The molecule has 2 heterocycles. The first-order valence-corrected chi connectivity index (χ1v) is 11.9. The Hall–Kier alpha value is -2.56. The Labute approximate surface area is 200 Å². The van der Waals surface area contributed by atoms with Crippen LogP contribution in [0.25, 0.3) is 0 Å². The Morgan fingerprint density at radius 2 is 2.03 bits per heavy atom. The molecule has 2 saturated heterocycles. The van der Waals surface area contributed by atoms with Gasteiger partial charge in [0, 0.05) is 19.1 Å². The number of nitrogens with zero attached hydrogens (tertiary/aromatic N) is 1. The molecule has 0 aromatic heterocycles. The van der Waals surface area contributed by atoms with Crippen LogP contribution in [0.2, 0.25) is 0 Å². The van der Waals surface area contributed by atoms with Crippen LogP contribution >= 0.6 is 11.8 Å². The second kappa shape index (κ2) is 10.4. The molecule has 0 radical (unpaired) electrons. The molecule has 0 spiro atoms. The highest BCUT2D eigenvalue weighted by Gasteiger charge is 2.32. The number of thioether (sulfide) groups is 1. The number of rotatable bonds is 7. The van der Waals surface area contributed by atoms with Gasteiger partial charge in [0.1, 0.15) is 12.4 Å². The maximum atomic E-state index is 13.1. The summed E-state index contributed by atoms with van der Waals surface area (Å²) in [6, 6.07) is 12.9. The predicted molar refractivity (Wildman–Crippen MR) is 124 cm³/mol. The van der Waals surface area contributed by atoms with Gasteiger partial charge in [-0.25, -0.2) is 0 Å². The van der Waals surface area contributed by atoms with Gasteiger partial charge < -0.3 is 14.8 Å². The first kappa shape index (κ1) is 24.6. The molecular formula is C24H26F3N3O3S. The van der Waals surface area contributed by atoms with Crippen molar-refractivity contribution in [3.8, 4) is 5.75 Å². The fourth-order valence-electron chi connectivity index (χ4n) is 4.00. The minimum absolute atomic E-state index is 0.0430. The van der Waals surface area contributed by atoms with Crippen LogP contribution in [-0.4, -0.2) is 53.6 Å². The maximum absolute atomic E-state index is 13.1. The largest absolute Gasteiger partial charge is 0.492 e. The molecule has 10 heteroatoms. The number of carbonyl (C=O) groups excluding carboxylic acids is 1. The molecular weight excluding hydrogens is 467 g/mol. The summed E-state index contributed by atoms with van der Waals surface area (Å²) in [5.41, 5.74) is 0.836. The van der Waals surface area contributed by atoms with E-state index in [9.17, 15) is 18.0 Å². The molecule has 1 amide bonds. The van der Waals surface area contributed by atoms with E-state index in [-0.39, 0.29) is 22.4 Å². The van der Waals surface area contributed by atoms with Gasteiger partial charge in [-0.2, -0.15) is 13.2 Å². The van der Waals surface area contributed by atoms with Crippen LogP contribution in [0.4, 0.5) is 13.2 Å². The molecule has 0 aliphatic carbocycles. The summed E-state index contributed by atoms with van der Waals surface area (Å²) in [4.78, 5) is 14.0. The normalized spacial score (nSPS) is 22.5. The van der Waals surface area contributed by atoms with Crippen molar-refractivity contribution in [1.82, 2.24) is 10.2 Å². The topological polar surface area (TPSA) is 74.7 Å². The van der Waals surface area contributed by atoms with Crippen LogP contribution in [-0.2, 0) is 22.1 Å². The number of morpholine rings is 1. The molecule has 2 fully saturated rings. The molecule has 3 unspecified atom stereocenters. The number of nitrogens with one attached hydrogen (secondary N) is 2. The van der Waals surface area contributed by atoms with Crippen LogP contribution < -0.4 is 10.1 Å². The van der Waals surface area contributed by atoms with Gasteiger partial charge in [0.25, 0.3) is 0 Å². The molecule has 0 bridgehead atoms. The van der Waals surface area contributed by atoms with E-state index in [4.69, 9.17) is 14.9 Å². The zero-order chi connectivity index (χ0) is 24.3. The Morgan fingerprint density at radius 3 is 2.71 bits per heavy atom. The molecule has 2 aliphatic rings. The zero-order valence-corrected chi connectivity index (χ0v) is 19.4. The van der Waals surface area contributed by atoms with Crippen LogP contribution in [0.5, 0.6) is 5.75 Å². The minimum atomic E-state index is -4.38. The first-order chi connectivity index (χ1) is 16.2. The summed E-state index contributed by atoms with van der Waals surface area (Å²) in [7, 11) is 0. The SMILES string of the molecule is CC(COc1ccc(CC2SC(=N)NC2=O)cc1)N1CCOC(c2cccc(C(F)(F)F)c2)C1. The summed E-state index contributed by atoms with van der Waals surface area (Å²) in [6.45, 7) is 4.04. The summed E-state index contributed by atoms with van der Waals surface area (Å²) < 4.78 is 50.9. The van der Waals surface area contributed by atoms with E-state index in [1.807, 2.05) is 31.2 Å². The van der Waals surface area contributed by atoms with Crippen molar-refractivity contribution in [2.24, 2.45) is 0 Å². The van der Waals surface area contributed by atoms with E-state index >= 15 is 0 Å². The molecule has 3 atom stereocenters. The Balaban J connectivity index is 1.29. The lowest BCUT2D eigenvalue weighted by molar-refractivity contribution is -0.137. The third-order valence-corrected chi connectivity index (χ3v) is 6.93. The molecule has 2 aromatic carbocycles. The van der Waals surface area contributed by atoms with E-state index in [2.05, 4.69) is 10.2 Å². The van der Waals surface area contributed by atoms with Gasteiger partial charge in [0.2, 0.25) is 5.91 Å². The Morgan fingerprint density at radius 1 is 1.26 bits per heavy atom. The fraction of sp³-hybridized carbons (Fsp3) is 0.417. The summed E-state index contributed by atoms with van der Waals surface area (Å²) >= 11 is 1.22. The second-order valence-electron chi connectivity index (χ2n) is 8.41. The van der Waals surface area contributed by atoms with Crippen LogP contribution in [0, 0.1) is 5.41 Å². The maximum Gasteiger partial charge on any atom is 0.416 e. The summed E-state index contributed by atoms with van der Waals surface area (Å²) in [5, 5.41) is 9.94. The van der Waals surface area contributed by atoms with Gasteiger partial charge in [0.05, 0.1) is 23.5 Å². The minimum Gasteiger partial charge on any atom is -0.492 e. The Kier molecular flexibility index (Phi) is 7.49. The van der Waals surface area contributed by atoms with Crippen molar-refractivity contribution in [3.63, 3.8) is 0 Å². The molecule has 2 N–H and O–H groups in total. The van der Waals surface area contributed by atoms with E-state index in [0.29, 0.717) is 44.0 Å². The molecule has 4 rings (SSSR count). The third kappa shape index (κ3) is 6.11. The van der Waals surface area contributed by atoms with E-state index in [1.165, 1.54) is 17.8 Å². The number of hydrogen-bond donors (Lipinski definition) is 2. The molecule has 34 heavy (non-hydrogen) atoms. The number of carbonyl (C=O) groups is 1. The van der Waals surface area contributed by atoms with Gasteiger partial charge in [-0.15, -0.1) is 0 Å². The average Bonchev–Trinajstić information content (AvgIpc) is 3.14. The number of amides is 1. The van der Waals surface area contributed by atoms with Gasteiger partial charge in [-0.1, -0.05) is 36.0 Å². The van der Waals surface area contributed by atoms with Crippen LogP contribution in [0.15, 0.2) is 48.5 Å². The van der Waals surface area contributed by atoms with Gasteiger partial charge >= 0.3 is 6.18 Å². The van der Waals surface area contributed by atoms with Gasteiger partial charge in [-0.05, 0) is 48.7 Å². The third-order valence-electron chi connectivity index (χ3n) is 5.93. The monoisotopic (exact) mass is 493 g/mol. The summed E-state index contributed by atoms with van der Waals surface area (Å²) in [6.07, 6.45) is -4.27. The highest BCUT2D eigenvalue weighted by molar-refractivity contribution is 8.15. The van der Waals surface area contributed by atoms with Crippen LogP contribution in [0.3, 0.4) is 0 Å². The molecule has 0 saturated carbocycles. The number of amidine groups is 1. The Bertz CT molecular complexity index is 1030. The van der Waals surface area contributed by atoms with Crippen molar-refractivity contribution in [2.75, 3.05) is 26.3 Å². The van der Waals surface area contributed by atoms with Crippen molar-refractivity contribution in [2.45, 2.75) is 36.9 Å².